The average molecular weight is 367 g/mol. The quantitative estimate of drug-likeness (QED) is 0.461. The van der Waals surface area contributed by atoms with Gasteiger partial charge < -0.3 is 14.4 Å². The van der Waals surface area contributed by atoms with Gasteiger partial charge in [0.1, 0.15) is 5.60 Å². The number of piperidine rings is 1. The highest BCUT2D eigenvalue weighted by atomic mass is 32.2. The van der Waals surface area contributed by atoms with Gasteiger partial charge in [-0.05, 0) is 45.9 Å². The summed E-state index contributed by atoms with van der Waals surface area (Å²) in [5.41, 5.74) is 0.596. The van der Waals surface area contributed by atoms with Crippen molar-refractivity contribution in [2.75, 3.05) is 26.5 Å². The fourth-order valence-corrected chi connectivity index (χ4v) is 3.02. The van der Waals surface area contributed by atoms with Gasteiger partial charge in [0.15, 0.2) is 10.9 Å². The standard InChI is InChI=1S/C17H25N3O4S/c1-17(2,3)24-16(22)20-8-6-11(7-9-20)12-10-13(14(21)23-4)19-15(18-12)25-5/h10-11H,6-9H2,1-5H3. The van der Waals surface area contributed by atoms with E-state index in [1.54, 1.807) is 11.0 Å². The predicted molar refractivity (Wildman–Crippen MR) is 94.9 cm³/mol. The van der Waals surface area contributed by atoms with Crippen molar-refractivity contribution in [2.45, 2.75) is 50.3 Å². The number of thioether (sulfide) groups is 1. The molecule has 1 fully saturated rings. The second-order valence-corrected chi connectivity index (χ2v) is 7.67. The molecule has 0 spiro atoms. The molecule has 2 heterocycles. The molecular weight excluding hydrogens is 342 g/mol. The Bertz CT molecular complexity index is 637. The van der Waals surface area contributed by atoms with Crippen LogP contribution in [0.3, 0.4) is 0 Å². The molecule has 0 unspecified atom stereocenters. The molecule has 0 saturated carbocycles. The fraction of sp³-hybridized carbons (Fsp3) is 0.647. The molecule has 1 aromatic heterocycles. The van der Waals surface area contributed by atoms with Crippen molar-refractivity contribution in [2.24, 2.45) is 0 Å². The van der Waals surface area contributed by atoms with Gasteiger partial charge in [0.25, 0.3) is 0 Å². The van der Waals surface area contributed by atoms with Crippen LogP contribution in [-0.2, 0) is 9.47 Å². The number of carbonyl (C=O) groups is 2. The number of likely N-dealkylation sites (tertiary alicyclic amines) is 1. The summed E-state index contributed by atoms with van der Waals surface area (Å²) in [4.78, 5) is 34.4. The van der Waals surface area contributed by atoms with Gasteiger partial charge in [-0.25, -0.2) is 19.6 Å². The normalized spacial score (nSPS) is 15.8. The molecule has 0 N–H and O–H groups in total. The first-order chi connectivity index (χ1) is 11.7. The van der Waals surface area contributed by atoms with Crippen LogP contribution in [0.4, 0.5) is 4.79 Å². The highest BCUT2D eigenvalue weighted by Gasteiger charge is 2.28. The number of ether oxygens (including phenoxy) is 2. The number of carbonyl (C=O) groups excluding carboxylic acids is 2. The summed E-state index contributed by atoms with van der Waals surface area (Å²) in [7, 11) is 1.34. The van der Waals surface area contributed by atoms with E-state index in [0.29, 0.717) is 18.2 Å². The third-order valence-electron chi connectivity index (χ3n) is 3.87. The first-order valence-electron chi connectivity index (χ1n) is 8.22. The minimum absolute atomic E-state index is 0.177. The molecule has 8 heteroatoms. The van der Waals surface area contributed by atoms with E-state index in [1.807, 2.05) is 27.0 Å². The van der Waals surface area contributed by atoms with E-state index >= 15 is 0 Å². The third kappa shape index (κ3) is 5.32. The van der Waals surface area contributed by atoms with Crippen molar-refractivity contribution in [3.8, 4) is 0 Å². The maximum atomic E-state index is 12.2. The maximum Gasteiger partial charge on any atom is 0.410 e. The summed E-state index contributed by atoms with van der Waals surface area (Å²) in [6, 6.07) is 1.69. The van der Waals surface area contributed by atoms with E-state index in [0.717, 1.165) is 18.5 Å². The van der Waals surface area contributed by atoms with Crippen molar-refractivity contribution < 1.29 is 19.1 Å². The van der Waals surface area contributed by atoms with Crippen LogP contribution in [0.5, 0.6) is 0 Å². The first kappa shape index (κ1) is 19.5. The molecule has 0 radical (unpaired) electrons. The number of esters is 1. The van der Waals surface area contributed by atoms with E-state index < -0.39 is 11.6 Å². The number of rotatable bonds is 3. The molecule has 1 aromatic rings. The molecule has 1 aliphatic rings. The molecule has 1 aliphatic heterocycles. The predicted octanol–water partition coefficient (Wildman–Crippen LogP) is 3.10. The number of nitrogens with zero attached hydrogens (tertiary/aromatic N) is 3. The van der Waals surface area contributed by atoms with E-state index in [4.69, 9.17) is 9.47 Å². The zero-order valence-electron chi connectivity index (χ0n) is 15.4. The van der Waals surface area contributed by atoms with Crippen LogP contribution in [0, 0.1) is 0 Å². The number of aromatic nitrogens is 2. The lowest BCUT2D eigenvalue weighted by Crippen LogP contribution is -2.41. The Balaban J connectivity index is 2.07. The monoisotopic (exact) mass is 367 g/mol. The highest BCUT2D eigenvalue weighted by molar-refractivity contribution is 7.98. The van der Waals surface area contributed by atoms with Crippen molar-refractivity contribution in [3.63, 3.8) is 0 Å². The Labute approximate surface area is 152 Å². The molecule has 0 atom stereocenters. The molecule has 25 heavy (non-hydrogen) atoms. The topological polar surface area (TPSA) is 81.6 Å². The van der Waals surface area contributed by atoms with Crippen LogP contribution in [0.1, 0.15) is 55.7 Å². The second kappa shape index (κ2) is 8.03. The summed E-state index contributed by atoms with van der Waals surface area (Å²) >= 11 is 1.39. The lowest BCUT2D eigenvalue weighted by molar-refractivity contribution is 0.0204. The van der Waals surface area contributed by atoms with E-state index in [2.05, 4.69) is 9.97 Å². The number of methoxy groups -OCH3 is 1. The second-order valence-electron chi connectivity index (χ2n) is 6.90. The van der Waals surface area contributed by atoms with Crippen LogP contribution < -0.4 is 0 Å². The largest absolute Gasteiger partial charge is 0.464 e. The minimum Gasteiger partial charge on any atom is -0.464 e. The summed E-state index contributed by atoms with van der Waals surface area (Å²) in [6.07, 6.45) is 3.12. The Hall–Kier alpha value is -1.83. The first-order valence-corrected chi connectivity index (χ1v) is 9.45. The van der Waals surface area contributed by atoms with Gasteiger partial charge >= 0.3 is 12.1 Å². The van der Waals surface area contributed by atoms with Gasteiger partial charge in [0.2, 0.25) is 0 Å². The van der Waals surface area contributed by atoms with Gasteiger partial charge in [-0.1, -0.05) is 11.8 Å². The molecule has 7 nitrogen and oxygen atoms in total. The molecule has 0 bridgehead atoms. The van der Waals surface area contributed by atoms with Crippen LogP contribution in [0.25, 0.3) is 0 Å². The maximum absolute atomic E-state index is 12.2. The van der Waals surface area contributed by atoms with Crippen molar-refractivity contribution >= 4 is 23.8 Å². The van der Waals surface area contributed by atoms with Gasteiger partial charge in [-0.15, -0.1) is 0 Å². The summed E-state index contributed by atoms with van der Waals surface area (Å²) < 4.78 is 10.2. The Morgan fingerprint density at radius 1 is 1.24 bits per heavy atom. The van der Waals surface area contributed by atoms with Crippen molar-refractivity contribution in [1.29, 1.82) is 0 Å². The smallest absolute Gasteiger partial charge is 0.410 e. The summed E-state index contributed by atoms with van der Waals surface area (Å²) in [5.74, 6) is -0.291. The zero-order chi connectivity index (χ0) is 18.6. The van der Waals surface area contributed by atoms with Gasteiger partial charge in [-0.3, -0.25) is 0 Å². The van der Waals surface area contributed by atoms with Crippen LogP contribution in [-0.4, -0.2) is 59.0 Å². The van der Waals surface area contributed by atoms with Crippen LogP contribution in [0.15, 0.2) is 11.2 Å². The van der Waals surface area contributed by atoms with Crippen LogP contribution >= 0.6 is 11.8 Å². The SMILES string of the molecule is COC(=O)c1cc(C2CCN(C(=O)OC(C)(C)C)CC2)nc(SC)n1. The van der Waals surface area contributed by atoms with Gasteiger partial charge in [-0.2, -0.15) is 0 Å². The van der Waals surface area contributed by atoms with Crippen molar-refractivity contribution in [3.05, 3.63) is 17.5 Å². The number of hydrogen-bond donors (Lipinski definition) is 0. The summed E-state index contributed by atoms with van der Waals surface area (Å²) in [5, 5.41) is 0.549. The Morgan fingerprint density at radius 3 is 2.40 bits per heavy atom. The molecular formula is C17H25N3O4S. The zero-order valence-corrected chi connectivity index (χ0v) is 16.2. The van der Waals surface area contributed by atoms with E-state index in [-0.39, 0.29) is 17.7 Å². The van der Waals surface area contributed by atoms with Crippen LogP contribution in [0.2, 0.25) is 0 Å². The lowest BCUT2D eigenvalue weighted by atomic mass is 9.93. The van der Waals surface area contributed by atoms with Gasteiger partial charge in [0, 0.05) is 24.7 Å². The molecule has 1 amide bonds. The van der Waals surface area contributed by atoms with Crippen molar-refractivity contribution in [1.82, 2.24) is 14.9 Å². The van der Waals surface area contributed by atoms with E-state index in [1.165, 1.54) is 18.9 Å². The highest BCUT2D eigenvalue weighted by Crippen LogP contribution is 2.29. The Kier molecular flexibility index (Phi) is 6.26. The van der Waals surface area contributed by atoms with Gasteiger partial charge in [0.05, 0.1) is 7.11 Å². The average Bonchev–Trinajstić information content (AvgIpc) is 2.59. The fourth-order valence-electron chi connectivity index (χ4n) is 2.64. The summed E-state index contributed by atoms with van der Waals surface area (Å²) in [6.45, 7) is 6.78. The molecule has 0 aliphatic carbocycles. The lowest BCUT2D eigenvalue weighted by Gasteiger charge is -2.33. The number of hydrogen-bond acceptors (Lipinski definition) is 7. The molecule has 0 aromatic carbocycles. The third-order valence-corrected chi connectivity index (χ3v) is 4.42. The van der Waals surface area contributed by atoms with E-state index in [9.17, 15) is 9.59 Å². The molecule has 2 rings (SSSR count). The Morgan fingerprint density at radius 2 is 1.88 bits per heavy atom. The molecule has 138 valence electrons. The molecule has 1 saturated heterocycles. The minimum atomic E-state index is -0.497. The number of amides is 1.